The highest BCUT2D eigenvalue weighted by Crippen LogP contribution is 2.51. The monoisotopic (exact) mass is 486 g/mol. The third-order valence-corrected chi connectivity index (χ3v) is 5.99. The number of alkyl halides is 3. The van der Waals surface area contributed by atoms with Crippen LogP contribution >= 0.6 is 0 Å². The molecule has 180 valence electrons. The van der Waals surface area contributed by atoms with Gasteiger partial charge in [0.25, 0.3) is 5.91 Å². The average Bonchev–Trinajstić information content (AvgIpc) is 3.44. The molecule has 1 aliphatic rings. The summed E-state index contributed by atoms with van der Waals surface area (Å²) in [7, 11) is 0. The quantitative estimate of drug-likeness (QED) is 0.314. The second-order valence-corrected chi connectivity index (χ2v) is 8.37. The van der Waals surface area contributed by atoms with E-state index in [1.807, 2.05) is 0 Å². The molecule has 1 aromatic carbocycles. The molecule has 1 fully saturated rings. The topological polar surface area (TPSA) is 148 Å². The number of aromatic amines is 1. The Balaban J connectivity index is 1.75. The van der Waals surface area contributed by atoms with Gasteiger partial charge in [0.05, 0.1) is 34.9 Å². The van der Waals surface area contributed by atoms with E-state index in [1.165, 1.54) is 0 Å². The zero-order valence-corrected chi connectivity index (χ0v) is 18.2. The van der Waals surface area contributed by atoms with Crippen LogP contribution in [0.2, 0.25) is 0 Å². The first-order valence-corrected chi connectivity index (χ1v) is 10.4. The number of primary amides is 1. The highest BCUT2D eigenvalue weighted by Gasteiger charge is 2.64. The summed E-state index contributed by atoms with van der Waals surface area (Å²) in [6, 6.07) is 4.50. The van der Waals surface area contributed by atoms with Crippen molar-refractivity contribution in [1.29, 1.82) is 0 Å². The summed E-state index contributed by atoms with van der Waals surface area (Å²) in [6.45, 7) is 1.78. The highest BCUT2D eigenvalue weighted by atomic mass is 19.4. The molecule has 0 radical (unpaired) electrons. The smallest absolute Gasteiger partial charge is 0.395 e. The number of halogens is 4. The Bertz CT molecular complexity index is 1490. The van der Waals surface area contributed by atoms with Gasteiger partial charge in [-0.25, -0.2) is 19.3 Å². The van der Waals surface area contributed by atoms with Crippen molar-refractivity contribution in [3.05, 3.63) is 47.7 Å². The molecule has 0 saturated heterocycles. The minimum absolute atomic E-state index is 0.0977. The third-order valence-electron chi connectivity index (χ3n) is 5.99. The molecule has 5 rings (SSSR count). The van der Waals surface area contributed by atoms with Crippen LogP contribution in [0.5, 0.6) is 0 Å². The van der Waals surface area contributed by atoms with Crippen molar-refractivity contribution < 1.29 is 22.4 Å². The number of nitrogens with two attached hydrogens (primary N) is 2. The summed E-state index contributed by atoms with van der Waals surface area (Å²) in [5, 5.41) is 9.84. The zero-order chi connectivity index (χ0) is 25.1. The number of anilines is 2. The first-order valence-electron chi connectivity index (χ1n) is 10.4. The predicted octanol–water partition coefficient (Wildman–Crippen LogP) is 3.72. The molecule has 0 spiro atoms. The standard InChI is InChI=1S/C22H18F4N8O/c1-9-2-3-13-12(8-30-34-13)14(9)16-15(27)17(18(28)35)32-20(31-16)11-6-10(23)7-29-19(11)33-21(4-5-21)22(24,25)26/h2-3,6-8H,4-5,27H2,1H3,(H2,28,35)(H,29,33)(H,30,34). The number of nitrogen functional groups attached to an aromatic ring is 1. The van der Waals surface area contributed by atoms with Gasteiger partial charge in [-0.3, -0.25) is 9.89 Å². The number of aromatic nitrogens is 5. The van der Waals surface area contributed by atoms with E-state index in [2.05, 4.69) is 30.5 Å². The van der Waals surface area contributed by atoms with Crippen molar-refractivity contribution in [3.8, 4) is 22.6 Å². The molecule has 1 amide bonds. The normalized spacial score (nSPS) is 14.8. The Morgan fingerprint density at radius 3 is 2.60 bits per heavy atom. The highest BCUT2D eigenvalue weighted by molar-refractivity contribution is 6.04. The number of benzene rings is 1. The van der Waals surface area contributed by atoms with E-state index in [-0.39, 0.29) is 47.1 Å². The minimum Gasteiger partial charge on any atom is -0.395 e. The number of aryl methyl sites for hydroxylation is 1. The van der Waals surface area contributed by atoms with Gasteiger partial charge in [0.2, 0.25) is 0 Å². The summed E-state index contributed by atoms with van der Waals surface area (Å²) < 4.78 is 55.0. The van der Waals surface area contributed by atoms with Crippen LogP contribution in [-0.4, -0.2) is 42.8 Å². The number of amides is 1. The zero-order valence-electron chi connectivity index (χ0n) is 18.2. The number of carbonyl (C=O) groups is 1. The molecule has 4 aromatic rings. The maximum Gasteiger partial charge on any atom is 0.411 e. The molecule has 0 unspecified atom stereocenters. The molecule has 0 bridgehead atoms. The predicted molar refractivity (Wildman–Crippen MR) is 120 cm³/mol. The fraction of sp³-hybridized carbons (Fsp3) is 0.227. The van der Waals surface area contributed by atoms with Crippen LogP contribution in [0.15, 0.2) is 30.6 Å². The molecular weight excluding hydrogens is 468 g/mol. The number of rotatable bonds is 5. The maximum absolute atomic E-state index is 14.2. The average molecular weight is 486 g/mol. The van der Waals surface area contributed by atoms with Gasteiger partial charge in [0.1, 0.15) is 17.2 Å². The molecule has 13 heteroatoms. The number of carbonyl (C=O) groups excluding carboxylic acids is 1. The second kappa shape index (κ2) is 7.61. The van der Waals surface area contributed by atoms with E-state index >= 15 is 0 Å². The van der Waals surface area contributed by atoms with Crippen molar-refractivity contribution in [2.45, 2.75) is 31.5 Å². The fourth-order valence-electron chi connectivity index (χ4n) is 3.95. The molecule has 0 atom stereocenters. The van der Waals surface area contributed by atoms with Gasteiger partial charge in [-0.05, 0) is 37.5 Å². The van der Waals surface area contributed by atoms with E-state index in [4.69, 9.17) is 11.5 Å². The Morgan fingerprint density at radius 2 is 1.94 bits per heavy atom. The van der Waals surface area contributed by atoms with E-state index in [0.29, 0.717) is 16.5 Å². The first-order chi connectivity index (χ1) is 16.5. The van der Waals surface area contributed by atoms with Gasteiger partial charge < -0.3 is 16.8 Å². The number of hydrogen-bond donors (Lipinski definition) is 4. The van der Waals surface area contributed by atoms with E-state index in [9.17, 15) is 22.4 Å². The second-order valence-electron chi connectivity index (χ2n) is 8.37. The molecule has 1 saturated carbocycles. The fourth-order valence-corrected chi connectivity index (χ4v) is 3.95. The van der Waals surface area contributed by atoms with Crippen molar-refractivity contribution in [2.24, 2.45) is 5.73 Å². The van der Waals surface area contributed by atoms with E-state index in [1.54, 1.807) is 25.3 Å². The SMILES string of the molecule is Cc1ccc2[nH]ncc2c1-c1nc(-c2cc(F)cnc2NC2(C(F)(F)F)CC2)nc(C(N)=O)c1N. The van der Waals surface area contributed by atoms with Crippen molar-refractivity contribution in [3.63, 3.8) is 0 Å². The summed E-state index contributed by atoms with van der Waals surface area (Å²) >= 11 is 0. The maximum atomic E-state index is 14.2. The number of hydrogen-bond acceptors (Lipinski definition) is 7. The number of nitrogens with zero attached hydrogens (tertiary/aromatic N) is 4. The van der Waals surface area contributed by atoms with Crippen molar-refractivity contribution in [1.82, 2.24) is 25.1 Å². The van der Waals surface area contributed by atoms with Gasteiger partial charge in [0, 0.05) is 10.9 Å². The summed E-state index contributed by atoms with van der Waals surface area (Å²) in [5.41, 5.74) is 10.8. The van der Waals surface area contributed by atoms with Crippen molar-refractivity contribution >= 4 is 28.3 Å². The Morgan fingerprint density at radius 1 is 1.20 bits per heavy atom. The van der Waals surface area contributed by atoms with Crippen LogP contribution in [0.4, 0.5) is 29.1 Å². The third kappa shape index (κ3) is 3.68. The molecule has 1 aliphatic carbocycles. The summed E-state index contributed by atoms with van der Waals surface area (Å²) in [4.78, 5) is 24.5. The van der Waals surface area contributed by atoms with Crippen LogP contribution in [0.3, 0.4) is 0 Å². The Labute approximate surface area is 195 Å². The number of H-pyrrole nitrogens is 1. The van der Waals surface area contributed by atoms with E-state index in [0.717, 1.165) is 17.8 Å². The van der Waals surface area contributed by atoms with Gasteiger partial charge in [0.15, 0.2) is 11.5 Å². The first kappa shape index (κ1) is 22.5. The largest absolute Gasteiger partial charge is 0.411 e. The van der Waals surface area contributed by atoms with Crippen LogP contribution < -0.4 is 16.8 Å². The molecule has 0 aliphatic heterocycles. The van der Waals surface area contributed by atoms with Crippen molar-refractivity contribution in [2.75, 3.05) is 11.1 Å². The molecular formula is C22H18F4N8O. The lowest BCUT2D eigenvalue weighted by Gasteiger charge is -2.23. The number of pyridine rings is 1. The molecule has 35 heavy (non-hydrogen) atoms. The lowest BCUT2D eigenvalue weighted by molar-refractivity contribution is -0.151. The number of nitrogens with one attached hydrogen (secondary N) is 2. The lowest BCUT2D eigenvalue weighted by Crippen LogP contribution is -2.39. The Hall–Kier alpha value is -4.29. The minimum atomic E-state index is -4.56. The Kier molecular flexibility index (Phi) is 4.90. The van der Waals surface area contributed by atoms with Crippen LogP contribution in [0.25, 0.3) is 33.5 Å². The van der Waals surface area contributed by atoms with Gasteiger partial charge in [-0.2, -0.15) is 18.3 Å². The summed E-state index contributed by atoms with van der Waals surface area (Å²) in [5.74, 6) is -2.38. The van der Waals surface area contributed by atoms with Crippen LogP contribution in [0.1, 0.15) is 28.9 Å². The van der Waals surface area contributed by atoms with Gasteiger partial charge >= 0.3 is 6.18 Å². The number of fused-ring (bicyclic) bond motifs is 1. The molecule has 9 nitrogen and oxygen atoms in total. The van der Waals surface area contributed by atoms with Gasteiger partial charge in [-0.1, -0.05) is 6.07 Å². The van der Waals surface area contributed by atoms with Gasteiger partial charge in [-0.15, -0.1) is 0 Å². The van der Waals surface area contributed by atoms with Crippen LogP contribution in [0, 0.1) is 12.7 Å². The van der Waals surface area contributed by atoms with E-state index < -0.39 is 23.4 Å². The van der Waals surface area contributed by atoms with Crippen LogP contribution in [-0.2, 0) is 0 Å². The lowest BCUT2D eigenvalue weighted by atomic mass is 9.99. The molecule has 6 N–H and O–H groups in total. The summed E-state index contributed by atoms with van der Waals surface area (Å²) in [6.07, 6.45) is -2.57. The molecule has 3 aromatic heterocycles. The molecule has 3 heterocycles.